The smallest absolute Gasteiger partial charge is 0.416 e. The van der Waals surface area contributed by atoms with Crippen molar-refractivity contribution in [2.24, 2.45) is 5.92 Å². The van der Waals surface area contributed by atoms with Crippen LogP contribution in [-0.2, 0) is 27.4 Å². The first-order valence-corrected chi connectivity index (χ1v) is 11.0. The second kappa shape index (κ2) is 8.67. The Morgan fingerprint density at radius 3 is 2.47 bits per heavy atom. The highest BCUT2D eigenvalue weighted by Gasteiger charge is 2.33. The summed E-state index contributed by atoms with van der Waals surface area (Å²) < 4.78 is 68.7. The number of nitrogens with zero attached hydrogens (tertiary/aromatic N) is 1. The van der Waals surface area contributed by atoms with Gasteiger partial charge in [-0.3, -0.25) is 4.79 Å². The predicted octanol–water partition coefficient (Wildman–Crippen LogP) is 3.93. The lowest BCUT2D eigenvalue weighted by Crippen LogP contribution is -2.24. The average Bonchev–Trinajstić information content (AvgIpc) is 3.06. The zero-order valence-corrected chi connectivity index (χ0v) is 17.2. The molecule has 5 nitrogen and oxygen atoms in total. The van der Waals surface area contributed by atoms with Crippen LogP contribution in [0, 0.1) is 5.92 Å². The Bertz CT molecular complexity index is 1000. The quantitative estimate of drug-likeness (QED) is 0.653. The van der Waals surface area contributed by atoms with E-state index in [9.17, 15) is 26.4 Å². The molecule has 1 amide bonds. The number of alkyl halides is 3. The van der Waals surface area contributed by atoms with E-state index in [-0.39, 0.29) is 35.3 Å². The standard InChI is InChI=1S/C21H22F3NO4S/c1-29-18-7-5-15(6-8-18)13-25-14-16(11-20(25)26)9-10-30(27,28)19-4-2-3-17(12-19)21(22,23)24/h2-8,12,16H,9-11,13-14H2,1H3. The highest BCUT2D eigenvalue weighted by Crippen LogP contribution is 2.31. The van der Waals surface area contributed by atoms with Crippen LogP contribution in [0.3, 0.4) is 0 Å². The van der Waals surface area contributed by atoms with Crippen LogP contribution >= 0.6 is 0 Å². The molecule has 2 aromatic rings. The minimum atomic E-state index is -4.61. The van der Waals surface area contributed by atoms with E-state index in [1.165, 1.54) is 6.07 Å². The highest BCUT2D eigenvalue weighted by atomic mass is 32.2. The summed E-state index contributed by atoms with van der Waals surface area (Å²) in [5, 5.41) is 0. The van der Waals surface area contributed by atoms with Gasteiger partial charge in [0.2, 0.25) is 5.91 Å². The van der Waals surface area contributed by atoms with Gasteiger partial charge in [0, 0.05) is 19.5 Å². The number of benzene rings is 2. The van der Waals surface area contributed by atoms with Gasteiger partial charge in [0.15, 0.2) is 9.84 Å². The summed E-state index contributed by atoms with van der Waals surface area (Å²) in [5.41, 5.74) is -0.0633. The van der Waals surface area contributed by atoms with Crippen molar-refractivity contribution in [3.05, 3.63) is 59.7 Å². The molecule has 0 aromatic heterocycles. The van der Waals surface area contributed by atoms with Crippen molar-refractivity contribution in [1.29, 1.82) is 0 Å². The summed E-state index contributed by atoms with van der Waals surface area (Å²) in [5.74, 6) is 0.190. The van der Waals surface area contributed by atoms with E-state index in [2.05, 4.69) is 0 Å². The fraction of sp³-hybridized carbons (Fsp3) is 0.381. The molecule has 1 atom stereocenters. The molecule has 0 radical (unpaired) electrons. The Morgan fingerprint density at radius 1 is 1.13 bits per heavy atom. The Balaban J connectivity index is 1.60. The summed E-state index contributed by atoms with van der Waals surface area (Å²) in [6.07, 6.45) is -4.16. The first kappa shape index (κ1) is 22.1. The lowest BCUT2D eigenvalue weighted by atomic mass is 10.1. The fourth-order valence-corrected chi connectivity index (χ4v) is 4.93. The Hall–Kier alpha value is -2.55. The molecule has 0 spiro atoms. The van der Waals surface area contributed by atoms with E-state index in [0.717, 1.165) is 17.7 Å². The molecule has 1 aliphatic heterocycles. The van der Waals surface area contributed by atoms with Crippen LogP contribution in [-0.4, -0.2) is 38.6 Å². The summed E-state index contributed by atoms with van der Waals surface area (Å²) in [6.45, 7) is 0.836. The molecule has 1 heterocycles. The average molecular weight is 441 g/mol. The largest absolute Gasteiger partial charge is 0.497 e. The Morgan fingerprint density at radius 2 is 1.83 bits per heavy atom. The summed E-state index contributed by atoms with van der Waals surface area (Å²) >= 11 is 0. The van der Waals surface area contributed by atoms with Crippen LogP contribution in [0.25, 0.3) is 0 Å². The molecular weight excluding hydrogens is 419 g/mol. The molecule has 0 aliphatic carbocycles. The molecule has 162 valence electrons. The summed E-state index contributed by atoms with van der Waals surface area (Å²) in [4.78, 5) is 13.6. The van der Waals surface area contributed by atoms with E-state index in [1.807, 2.05) is 12.1 Å². The van der Waals surface area contributed by atoms with E-state index in [1.54, 1.807) is 24.1 Å². The lowest BCUT2D eigenvalue weighted by molar-refractivity contribution is -0.137. The monoisotopic (exact) mass is 441 g/mol. The van der Waals surface area contributed by atoms with Gasteiger partial charge < -0.3 is 9.64 Å². The molecule has 1 fully saturated rings. The first-order chi connectivity index (χ1) is 14.1. The lowest BCUT2D eigenvalue weighted by Gasteiger charge is -2.17. The topological polar surface area (TPSA) is 63.7 Å². The van der Waals surface area contributed by atoms with E-state index >= 15 is 0 Å². The zero-order chi connectivity index (χ0) is 21.9. The van der Waals surface area contributed by atoms with Gasteiger partial charge in [-0.1, -0.05) is 18.2 Å². The van der Waals surface area contributed by atoms with Crippen LogP contribution in [0.5, 0.6) is 5.75 Å². The second-order valence-electron chi connectivity index (χ2n) is 7.33. The third-order valence-electron chi connectivity index (χ3n) is 5.14. The van der Waals surface area contributed by atoms with Gasteiger partial charge in [-0.2, -0.15) is 13.2 Å². The third-order valence-corrected chi connectivity index (χ3v) is 6.89. The highest BCUT2D eigenvalue weighted by molar-refractivity contribution is 7.91. The molecular formula is C21H22F3NO4S. The van der Waals surface area contributed by atoms with Crippen LogP contribution in [0.2, 0.25) is 0 Å². The minimum absolute atomic E-state index is 0.0627. The first-order valence-electron chi connectivity index (χ1n) is 9.39. The van der Waals surface area contributed by atoms with Crippen molar-refractivity contribution < 1.29 is 31.1 Å². The van der Waals surface area contributed by atoms with Crippen molar-refractivity contribution in [3.8, 4) is 5.75 Å². The van der Waals surface area contributed by atoms with Crippen LogP contribution < -0.4 is 4.74 Å². The van der Waals surface area contributed by atoms with Crippen LogP contribution in [0.15, 0.2) is 53.4 Å². The van der Waals surface area contributed by atoms with Gasteiger partial charge in [0.05, 0.1) is 23.3 Å². The van der Waals surface area contributed by atoms with Gasteiger partial charge in [-0.15, -0.1) is 0 Å². The Labute approximate surface area is 173 Å². The van der Waals surface area contributed by atoms with Gasteiger partial charge in [0.25, 0.3) is 0 Å². The number of hydrogen-bond acceptors (Lipinski definition) is 4. The number of sulfone groups is 1. The van der Waals surface area contributed by atoms with Crippen molar-refractivity contribution in [2.75, 3.05) is 19.4 Å². The number of rotatable bonds is 7. The van der Waals surface area contributed by atoms with Crippen molar-refractivity contribution in [3.63, 3.8) is 0 Å². The number of ether oxygens (including phenoxy) is 1. The zero-order valence-electron chi connectivity index (χ0n) is 16.4. The number of carbonyl (C=O) groups excluding carboxylic acids is 1. The number of likely N-dealkylation sites (tertiary alicyclic amines) is 1. The predicted molar refractivity (Wildman–Crippen MR) is 105 cm³/mol. The number of halogens is 3. The van der Waals surface area contributed by atoms with Gasteiger partial charge in [0.1, 0.15) is 5.75 Å². The van der Waals surface area contributed by atoms with Crippen LogP contribution in [0.4, 0.5) is 13.2 Å². The van der Waals surface area contributed by atoms with E-state index in [0.29, 0.717) is 24.9 Å². The minimum Gasteiger partial charge on any atom is -0.497 e. The molecule has 3 rings (SSSR count). The number of amides is 1. The van der Waals surface area contributed by atoms with Gasteiger partial charge >= 0.3 is 6.18 Å². The Kier molecular flexibility index (Phi) is 6.40. The van der Waals surface area contributed by atoms with Gasteiger partial charge in [-0.05, 0) is 48.2 Å². The molecule has 1 saturated heterocycles. The molecule has 1 aliphatic rings. The number of methoxy groups -OCH3 is 1. The van der Waals surface area contributed by atoms with Crippen molar-refractivity contribution in [2.45, 2.75) is 30.5 Å². The molecule has 1 unspecified atom stereocenters. The molecule has 0 bridgehead atoms. The SMILES string of the molecule is COc1ccc(CN2CC(CCS(=O)(=O)c3cccc(C(F)(F)F)c3)CC2=O)cc1. The summed E-state index contributed by atoms with van der Waals surface area (Å²) in [7, 11) is -2.31. The van der Waals surface area contributed by atoms with Crippen molar-refractivity contribution in [1.82, 2.24) is 4.90 Å². The van der Waals surface area contributed by atoms with Gasteiger partial charge in [-0.25, -0.2) is 8.42 Å². The summed E-state index contributed by atoms with van der Waals surface area (Å²) in [6, 6.07) is 11.1. The normalized spacial score (nSPS) is 17.4. The third kappa shape index (κ3) is 5.33. The van der Waals surface area contributed by atoms with E-state index in [4.69, 9.17) is 4.74 Å². The van der Waals surface area contributed by atoms with Crippen molar-refractivity contribution >= 4 is 15.7 Å². The molecule has 30 heavy (non-hydrogen) atoms. The maximum atomic E-state index is 12.9. The molecule has 2 aromatic carbocycles. The molecule has 0 saturated carbocycles. The van der Waals surface area contributed by atoms with Crippen LogP contribution in [0.1, 0.15) is 24.0 Å². The number of hydrogen-bond donors (Lipinski definition) is 0. The van der Waals surface area contributed by atoms with E-state index < -0.39 is 21.6 Å². The maximum absolute atomic E-state index is 12.9. The number of carbonyl (C=O) groups is 1. The maximum Gasteiger partial charge on any atom is 0.416 e. The second-order valence-corrected chi connectivity index (χ2v) is 9.43. The molecule has 9 heteroatoms. The molecule has 0 N–H and O–H groups in total. The fourth-order valence-electron chi connectivity index (χ4n) is 3.46.